The Morgan fingerprint density at radius 2 is 1.04 bits per heavy atom. The van der Waals surface area contributed by atoms with Crippen molar-refractivity contribution in [3.05, 3.63) is 47.5 Å². The number of hydrogen-bond donors (Lipinski definition) is 4. The Labute approximate surface area is 187 Å². The highest BCUT2D eigenvalue weighted by molar-refractivity contribution is 5.86. The van der Waals surface area contributed by atoms with E-state index in [2.05, 4.69) is 38.3 Å². The molecule has 0 aromatic heterocycles. The normalized spacial score (nSPS) is 9.63. The molecule has 156 valence electrons. The highest BCUT2D eigenvalue weighted by Gasteiger charge is 2.18. The summed E-state index contributed by atoms with van der Waals surface area (Å²) in [5, 5.41) is 7.05. The van der Waals surface area contributed by atoms with Crippen LogP contribution in [0.3, 0.4) is 0 Å². The van der Waals surface area contributed by atoms with Crippen LogP contribution in [0.4, 0.5) is 22.7 Å². The van der Waals surface area contributed by atoms with Gasteiger partial charge in [-0.3, -0.25) is 0 Å². The van der Waals surface area contributed by atoms with E-state index >= 15 is 0 Å². The van der Waals surface area contributed by atoms with Crippen molar-refractivity contribution >= 4 is 72.4 Å². The fourth-order valence-electron chi connectivity index (χ4n) is 2.50. The minimum absolute atomic E-state index is 0. The van der Waals surface area contributed by atoms with Gasteiger partial charge in [-0.15, -0.1) is 49.6 Å². The summed E-state index contributed by atoms with van der Waals surface area (Å²) >= 11 is 0. The van der Waals surface area contributed by atoms with Gasteiger partial charge < -0.3 is 22.1 Å². The van der Waals surface area contributed by atoms with Gasteiger partial charge in [0.2, 0.25) is 0 Å². The van der Waals surface area contributed by atoms with E-state index in [9.17, 15) is 0 Å². The predicted molar refractivity (Wildman–Crippen MR) is 131 cm³/mol. The molecule has 0 radical (unpaired) electrons. The van der Waals surface area contributed by atoms with E-state index in [0.29, 0.717) is 0 Å². The quantitative estimate of drug-likeness (QED) is 0.419. The Morgan fingerprint density at radius 1 is 0.704 bits per heavy atom. The number of aryl methyl sites for hydroxylation is 2. The number of nitrogens with one attached hydrogen (secondary N) is 2. The van der Waals surface area contributed by atoms with Crippen molar-refractivity contribution < 1.29 is 0 Å². The molecule has 0 heterocycles. The minimum Gasteiger partial charge on any atom is -0.399 e. The molecule has 6 N–H and O–H groups in total. The largest absolute Gasteiger partial charge is 0.399 e. The van der Waals surface area contributed by atoms with Gasteiger partial charge in [0.05, 0.1) is 0 Å². The molecule has 0 saturated heterocycles. The number of anilines is 4. The fourth-order valence-corrected chi connectivity index (χ4v) is 2.50. The Kier molecular flexibility index (Phi) is 14.8. The Bertz CT molecular complexity index is 636. The average Bonchev–Trinajstić information content (AvgIpc) is 2.45. The highest BCUT2D eigenvalue weighted by atomic mass is 35.5. The molecule has 0 bridgehead atoms. The van der Waals surface area contributed by atoms with E-state index in [0.717, 1.165) is 35.8 Å². The van der Waals surface area contributed by atoms with E-state index in [-0.39, 0.29) is 55.0 Å². The first kappa shape index (κ1) is 30.5. The maximum Gasteiger partial charge on any atom is 0.0371 e. The molecule has 0 amide bonds. The van der Waals surface area contributed by atoms with Crippen molar-refractivity contribution in [1.82, 2.24) is 0 Å². The molecule has 0 fully saturated rings. The number of nitrogen functional groups attached to an aromatic ring is 2. The van der Waals surface area contributed by atoms with Crippen molar-refractivity contribution in [2.45, 2.75) is 27.7 Å². The van der Waals surface area contributed by atoms with Crippen LogP contribution in [0.2, 0.25) is 0 Å². The number of nitrogens with two attached hydrogens (primary N) is 2. The predicted octanol–water partition coefficient (Wildman–Crippen LogP) is 5.71. The molecule has 0 aliphatic carbocycles. The molecule has 4 nitrogen and oxygen atoms in total. The Morgan fingerprint density at radius 3 is 1.33 bits per heavy atom. The number of benzene rings is 2. The van der Waals surface area contributed by atoms with Gasteiger partial charge in [0.1, 0.15) is 0 Å². The van der Waals surface area contributed by atoms with Crippen LogP contribution in [0.1, 0.15) is 25.0 Å². The molecule has 2 rings (SSSR count). The van der Waals surface area contributed by atoms with Crippen LogP contribution in [-0.2, 0) is 0 Å². The van der Waals surface area contributed by atoms with E-state index in [1.807, 2.05) is 36.4 Å². The molecule has 0 atom stereocenters. The van der Waals surface area contributed by atoms with Crippen molar-refractivity contribution in [1.29, 1.82) is 0 Å². The summed E-state index contributed by atoms with van der Waals surface area (Å²) in [5.41, 5.74) is 17.9. The Balaban J connectivity index is -0.00000144. The number of halogens is 4. The minimum atomic E-state index is 0. The SMILES string of the molecule is Cc1cc(N)ccc1NCC(C)(C)CNc1ccc(N)cc1C.Cl.Cl.Cl.Cl. The third-order valence-electron chi connectivity index (χ3n) is 4.02. The zero-order chi connectivity index (χ0) is 17.0. The van der Waals surface area contributed by atoms with E-state index < -0.39 is 0 Å². The van der Waals surface area contributed by atoms with Crippen LogP contribution in [0.25, 0.3) is 0 Å². The summed E-state index contributed by atoms with van der Waals surface area (Å²) in [6, 6.07) is 11.9. The molecule has 0 saturated carbocycles. The van der Waals surface area contributed by atoms with Gasteiger partial charge in [0, 0.05) is 35.8 Å². The third-order valence-corrected chi connectivity index (χ3v) is 4.02. The smallest absolute Gasteiger partial charge is 0.0371 e. The van der Waals surface area contributed by atoms with Crippen molar-refractivity contribution in [3.63, 3.8) is 0 Å². The lowest BCUT2D eigenvalue weighted by atomic mass is 9.92. The van der Waals surface area contributed by atoms with Crippen molar-refractivity contribution in [2.24, 2.45) is 5.41 Å². The van der Waals surface area contributed by atoms with Gasteiger partial charge in [-0.1, -0.05) is 13.8 Å². The molecular weight excluding hydrogens is 426 g/mol. The Hall–Kier alpha value is -1.20. The molecule has 0 aliphatic heterocycles. The molecule has 0 aliphatic rings. The zero-order valence-corrected chi connectivity index (χ0v) is 19.4. The first-order valence-corrected chi connectivity index (χ1v) is 7.97. The van der Waals surface area contributed by atoms with Crippen LogP contribution in [0, 0.1) is 19.3 Å². The average molecular weight is 458 g/mol. The van der Waals surface area contributed by atoms with Gasteiger partial charge in [0.15, 0.2) is 0 Å². The van der Waals surface area contributed by atoms with Crippen LogP contribution in [0.15, 0.2) is 36.4 Å². The van der Waals surface area contributed by atoms with Gasteiger partial charge in [0.25, 0.3) is 0 Å². The molecule has 2 aromatic carbocycles. The van der Waals surface area contributed by atoms with Crippen molar-refractivity contribution in [3.8, 4) is 0 Å². The molecule has 2 aromatic rings. The molecule has 8 heteroatoms. The fraction of sp³-hybridized carbons (Fsp3) is 0.368. The second-order valence-corrected chi connectivity index (χ2v) is 7.02. The van der Waals surface area contributed by atoms with E-state index in [1.165, 1.54) is 11.1 Å². The van der Waals surface area contributed by atoms with Crippen LogP contribution in [0.5, 0.6) is 0 Å². The van der Waals surface area contributed by atoms with Crippen LogP contribution >= 0.6 is 49.6 Å². The summed E-state index contributed by atoms with van der Waals surface area (Å²) in [5.74, 6) is 0. The topological polar surface area (TPSA) is 76.1 Å². The first-order valence-electron chi connectivity index (χ1n) is 7.97. The van der Waals surface area contributed by atoms with Gasteiger partial charge in [-0.05, 0) is 66.8 Å². The highest BCUT2D eigenvalue weighted by Crippen LogP contribution is 2.23. The van der Waals surface area contributed by atoms with Gasteiger partial charge in [-0.2, -0.15) is 0 Å². The second-order valence-electron chi connectivity index (χ2n) is 7.02. The first-order chi connectivity index (χ1) is 10.8. The van der Waals surface area contributed by atoms with Gasteiger partial charge in [-0.25, -0.2) is 0 Å². The maximum atomic E-state index is 5.80. The van der Waals surface area contributed by atoms with Gasteiger partial charge >= 0.3 is 0 Å². The summed E-state index contributed by atoms with van der Waals surface area (Å²) in [6.45, 7) is 10.4. The lowest BCUT2D eigenvalue weighted by Crippen LogP contribution is -2.31. The van der Waals surface area contributed by atoms with Crippen LogP contribution in [-0.4, -0.2) is 13.1 Å². The summed E-state index contributed by atoms with van der Waals surface area (Å²) in [6.07, 6.45) is 0. The third kappa shape index (κ3) is 9.52. The van der Waals surface area contributed by atoms with Crippen LogP contribution < -0.4 is 22.1 Å². The molecule has 0 spiro atoms. The van der Waals surface area contributed by atoms with E-state index in [4.69, 9.17) is 11.5 Å². The maximum absolute atomic E-state index is 5.80. The monoisotopic (exact) mass is 456 g/mol. The number of hydrogen-bond acceptors (Lipinski definition) is 4. The molecular formula is C19H32Cl4N4. The standard InChI is InChI=1S/C19H28N4.4ClH/c1-13-9-15(20)5-7-17(13)22-11-19(3,4)12-23-18-8-6-16(21)10-14(18)2;;;;/h5-10,22-23H,11-12,20-21H2,1-4H3;4*1H. The summed E-state index contributed by atoms with van der Waals surface area (Å²) < 4.78 is 0. The van der Waals surface area contributed by atoms with Crippen molar-refractivity contribution in [2.75, 3.05) is 35.2 Å². The van der Waals surface area contributed by atoms with E-state index in [1.54, 1.807) is 0 Å². The lowest BCUT2D eigenvalue weighted by molar-refractivity contribution is 0.419. The molecule has 0 unspecified atom stereocenters. The number of rotatable bonds is 6. The summed E-state index contributed by atoms with van der Waals surface area (Å²) in [4.78, 5) is 0. The summed E-state index contributed by atoms with van der Waals surface area (Å²) in [7, 11) is 0. The molecule has 27 heavy (non-hydrogen) atoms. The second kappa shape index (κ2) is 13.1. The lowest BCUT2D eigenvalue weighted by Gasteiger charge is -2.27. The zero-order valence-electron chi connectivity index (χ0n) is 16.2.